The van der Waals surface area contributed by atoms with Gasteiger partial charge in [0.15, 0.2) is 0 Å². The summed E-state index contributed by atoms with van der Waals surface area (Å²) in [4.78, 5) is 21.6. The van der Waals surface area contributed by atoms with Crippen molar-refractivity contribution in [1.29, 1.82) is 0 Å². The zero-order valence-electron chi connectivity index (χ0n) is 18.4. The minimum absolute atomic E-state index is 0.0460. The average Bonchev–Trinajstić information content (AvgIpc) is 3.35. The molecule has 3 aromatic rings. The molecule has 0 spiro atoms. The highest BCUT2D eigenvalue weighted by molar-refractivity contribution is 5.96. The van der Waals surface area contributed by atoms with Crippen LogP contribution in [0.25, 0.3) is 21.9 Å². The van der Waals surface area contributed by atoms with Crippen LogP contribution in [0.2, 0.25) is 0 Å². The summed E-state index contributed by atoms with van der Waals surface area (Å²) in [5, 5.41) is 7.26. The molecule has 1 unspecified atom stereocenters. The molecule has 4 rings (SSSR count). The molecule has 162 valence electrons. The lowest BCUT2D eigenvalue weighted by atomic mass is 9.88. The van der Waals surface area contributed by atoms with E-state index in [9.17, 15) is 9.59 Å². The minimum atomic E-state index is -0.157. The van der Waals surface area contributed by atoms with Gasteiger partial charge in [0.2, 0.25) is 0 Å². The molecule has 4 heteroatoms. The predicted octanol–water partition coefficient (Wildman–Crippen LogP) is 5.91. The standard InChI is InChI=1S/C24H24O.C3H8N2O/c25-17-22(16-18-6-1-2-7-18)19-12-14-21(15-13-19)24-11-5-9-20-8-3-4-10-23(20)24;1-4-3(6)5-2/h3-5,8-15,17-18,22H,1-2,6-7,16H2;1-2H3,(H2,4,5,6). The fraction of sp³-hybridized carbons (Fsp3) is 0.333. The van der Waals surface area contributed by atoms with Gasteiger partial charge in [0, 0.05) is 20.0 Å². The number of rotatable bonds is 5. The highest BCUT2D eigenvalue weighted by Crippen LogP contribution is 2.34. The van der Waals surface area contributed by atoms with Crippen LogP contribution in [-0.4, -0.2) is 26.4 Å². The largest absolute Gasteiger partial charge is 0.341 e. The Balaban J connectivity index is 0.000000401. The third-order valence-electron chi connectivity index (χ3n) is 6.12. The normalized spacial score (nSPS) is 14.4. The van der Waals surface area contributed by atoms with Crippen molar-refractivity contribution >= 4 is 23.1 Å². The molecule has 2 amide bonds. The van der Waals surface area contributed by atoms with Gasteiger partial charge in [-0.2, -0.15) is 0 Å². The molecule has 0 saturated heterocycles. The SMILES string of the molecule is CNC(=O)NC.O=CC(CC1CCCC1)c1ccc(-c2cccc3ccccc23)cc1. The van der Waals surface area contributed by atoms with E-state index in [0.29, 0.717) is 0 Å². The van der Waals surface area contributed by atoms with Crippen LogP contribution in [0.1, 0.15) is 43.6 Å². The summed E-state index contributed by atoms with van der Waals surface area (Å²) < 4.78 is 0. The Morgan fingerprint density at radius 2 is 1.58 bits per heavy atom. The predicted molar refractivity (Wildman–Crippen MR) is 128 cm³/mol. The van der Waals surface area contributed by atoms with E-state index in [1.165, 1.54) is 47.6 Å². The molecule has 0 heterocycles. The summed E-state index contributed by atoms with van der Waals surface area (Å²) in [5.41, 5.74) is 3.63. The lowest BCUT2D eigenvalue weighted by molar-refractivity contribution is -0.109. The third kappa shape index (κ3) is 5.94. The van der Waals surface area contributed by atoms with E-state index in [2.05, 4.69) is 77.4 Å². The number of aldehydes is 1. The van der Waals surface area contributed by atoms with Gasteiger partial charge in [0.1, 0.15) is 6.29 Å². The third-order valence-corrected chi connectivity index (χ3v) is 6.12. The van der Waals surface area contributed by atoms with Gasteiger partial charge in [-0.1, -0.05) is 92.4 Å². The van der Waals surface area contributed by atoms with Crippen LogP contribution >= 0.6 is 0 Å². The van der Waals surface area contributed by atoms with Gasteiger partial charge in [-0.25, -0.2) is 4.79 Å². The first-order valence-electron chi connectivity index (χ1n) is 11.1. The molecule has 1 aliphatic rings. The Morgan fingerprint density at radius 3 is 2.19 bits per heavy atom. The number of carbonyl (C=O) groups is 2. The van der Waals surface area contributed by atoms with E-state index in [0.717, 1.165) is 24.2 Å². The highest BCUT2D eigenvalue weighted by atomic mass is 16.2. The first kappa shape index (κ1) is 22.5. The molecule has 1 saturated carbocycles. The number of hydrogen-bond donors (Lipinski definition) is 2. The first-order chi connectivity index (χ1) is 15.2. The molecule has 0 aliphatic heterocycles. The molecule has 2 N–H and O–H groups in total. The van der Waals surface area contributed by atoms with E-state index in [1.54, 1.807) is 14.1 Å². The van der Waals surface area contributed by atoms with E-state index < -0.39 is 0 Å². The second kappa shape index (κ2) is 11.3. The van der Waals surface area contributed by atoms with Gasteiger partial charge in [-0.05, 0) is 39.8 Å². The number of nitrogens with one attached hydrogen (secondary N) is 2. The minimum Gasteiger partial charge on any atom is -0.341 e. The van der Waals surface area contributed by atoms with Crippen molar-refractivity contribution in [2.24, 2.45) is 5.92 Å². The molecule has 0 radical (unpaired) electrons. The Kier molecular flexibility index (Phi) is 8.22. The molecule has 1 atom stereocenters. The molecule has 1 aliphatic carbocycles. The Bertz CT molecular complexity index is 980. The smallest absolute Gasteiger partial charge is 0.314 e. The van der Waals surface area contributed by atoms with Crippen LogP contribution in [0.4, 0.5) is 4.79 Å². The molecule has 4 nitrogen and oxygen atoms in total. The zero-order chi connectivity index (χ0) is 22.1. The molecule has 0 bridgehead atoms. The maximum Gasteiger partial charge on any atom is 0.314 e. The Morgan fingerprint density at radius 1 is 0.935 bits per heavy atom. The maximum absolute atomic E-state index is 11.6. The van der Waals surface area contributed by atoms with Gasteiger partial charge >= 0.3 is 6.03 Å². The second-order valence-electron chi connectivity index (χ2n) is 8.11. The van der Waals surface area contributed by atoms with E-state index >= 15 is 0 Å². The number of amides is 2. The number of fused-ring (bicyclic) bond motifs is 1. The lowest BCUT2D eigenvalue weighted by Gasteiger charge is -2.16. The zero-order valence-corrected chi connectivity index (χ0v) is 18.4. The summed E-state index contributed by atoms with van der Waals surface area (Å²) in [6.45, 7) is 0. The van der Waals surface area contributed by atoms with Crippen LogP contribution in [0, 0.1) is 5.92 Å². The Labute approximate surface area is 185 Å². The van der Waals surface area contributed by atoms with Crippen LogP contribution in [0.5, 0.6) is 0 Å². The number of hydrogen-bond acceptors (Lipinski definition) is 2. The quantitative estimate of drug-likeness (QED) is 0.508. The maximum atomic E-state index is 11.6. The lowest BCUT2D eigenvalue weighted by Crippen LogP contribution is -2.28. The number of urea groups is 1. The topological polar surface area (TPSA) is 58.2 Å². The van der Waals surface area contributed by atoms with Crippen molar-refractivity contribution in [1.82, 2.24) is 10.6 Å². The summed E-state index contributed by atoms with van der Waals surface area (Å²) in [7, 11) is 3.14. The van der Waals surface area contributed by atoms with E-state index in [4.69, 9.17) is 0 Å². The van der Waals surface area contributed by atoms with Gasteiger partial charge in [-0.15, -0.1) is 0 Å². The number of carbonyl (C=O) groups excluding carboxylic acids is 2. The van der Waals surface area contributed by atoms with E-state index in [1.807, 2.05) is 0 Å². The average molecular weight is 417 g/mol. The molecule has 0 aromatic heterocycles. The van der Waals surface area contributed by atoms with Crippen molar-refractivity contribution < 1.29 is 9.59 Å². The molecule has 3 aromatic carbocycles. The summed E-state index contributed by atoms with van der Waals surface area (Å²) in [5.74, 6) is 0.776. The number of benzene rings is 3. The van der Waals surface area contributed by atoms with Crippen molar-refractivity contribution in [2.45, 2.75) is 38.0 Å². The van der Waals surface area contributed by atoms with Crippen LogP contribution in [0.3, 0.4) is 0 Å². The first-order valence-corrected chi connectivity index (χ1v) is 11.1. The van der Waals surface area contributed by atoms with Crippen molar-refractivity contribution in [2.75, 3.05) is 14.1 Å². The summed E-state index contributed by atoms with van der Waals surface area (Å²) >= 11 is 0. The van der Waals surface area contributed by atoms with Gasteiger partial charge < -0.3 is 15.4 Å². The van der Waals surface area contributed by atoms with Crippen LogP contribution < -0.4 is 10.6 Å². The molecular weight excluding hydrogens is 384 g/mol. The van der Waals surface area contributed by atoms with Gasteiger partial charge in [0.05, 0.1) is 0 Å². The highest BCUT2D eigenvalue weighted by Gasteiger charge is 2.21. The summed E-state index contributed by atoms with van der Waals surface area (Å²) in [6, 6.07) is 23.4. The van der Waals surface area contributed by atoms with Gasteiger partial charge in [0.25, 0.3) is 0 Å². The monoisotopic (exact) mass is 416 g/mol. The molecule has 31 heavy (non-hydrogen) atoms. The Hall–Kier alpha value is -3.14. The second-order valence-corrected chi connectivity index (χ2v) is 8.11. The molecular formula is C27H32N2O2. The fourth-order valence-corrected chi connectivity index (χ4v) is 4.39. The van der Waals surface area contributed by atoms with Crippen molar-refractivity contribution in [3.05, 3.63) is 72.3 Å². The van der Waals surface area contributed by atoms with Gasteiger partial charge in [-0.3, -0.25) is 0 Å². The van der Waals surface area contributed by atoms with Crippen LogP contribution in [0.15, 0.2) is 66.7 Å². The van der Waals surface area contributed by atoms with E-state index in [-0.39, 0.29) is 11.9 Å². The van der Waals surface area contributed by atoms with Crippen molar-refractivity contribution in [3.63, 3.8) is 0 Å². The van der Waals surface area contributed by atoms with Crippen molar-refractivity contribution in [3.8, 4) is 11.1 Å². The fourth-order valence-electron chi connectivity index (χ4n) is 4.39. The van der Waals surface area contributed by atoms with Crippen LogP contribution in [-0.2, 0) is 4.79 Å². The summed E-state index contributed by atoms with van der Waals surface area (Å²) in [6.07, 6.45) is 7.39. The molecule has 1 fully saturated rings.